The van der Waals surface area contributed by atoms with Crippen molar-refractivity contribution in [2.75, 3.05) is 0 Å². The summed E-state index contributed by atoms with van der Waals surface area (Å²) < 4.78 is 6.22. The van der Waals surface area contributed by atoms with Gasteiger partial charge in [0, 0.05) is 0 Å². The molecule has 0 spiro atoms. The third-order valence-electron chi connectivity index (χ3n) is 5.51. The maximum absolute atomic E-state index is 9.98. The van der Waals surface area contributed by atoms with Crippen molar-refractivity contribution in [3.05, 3.63) is 54.6 Å². The first-order chi connectivity index (χ1) is 11.9. The summed E-state index contributed by atoms with van der Waals surface area (Å²) >= 11 is 0. The molecule has 0 saturated carbocycles. The van der Waals surface area contributed by atoms with Crippen LogP contribution in [0.1, 0.15) is 20.8 Å². The minimum Gasteiger partial charge on any atom is -0.424 e. The second-order valence-corrected chi connectivity index (χ2v) is 7.52. The van der Waals surface area contributed by atoms with E-state index in [9.17, 15) is 5.11 Å². The van der Waals surface area contributed by atoms with Crippen LogP contribution in [0.2, 0.25) is 6.82 Å². The molecule has 126 valence electrons. The molecule has 0 saturated heterocycles. The molecule has 0 heterocycles. The molecule has 4 rings (SSSR count). The van der Waals surface area contributed by atoms with Crippen molar-refractivity contribution in [2.45, 2.75) is 39.3 Å². The number of fused-ring (bicyclic) bond motifs is 3. The van der Waals surface area contributed by atoms with E-state index in [0.717, 1.165) is 0 Å². The molecule has 0 fully saturated rings. The lowest BCUT2D eigenvalue weighted by atomic mass is 9.61. The first-order valence-corrected chi connectivity index (χ1v) is 8.91. The summed E-state index contributed by atoms with van der Waals surface area (Å²) in [5.41, 5.74) is 5.78. The average Bonchev–Trinajstić information content (AvgIpc) is 2.91. The molecule has 1 N–H and O–H groups in total. The molecule has 1 unspecified atom stereocenters. The molecule has 0 radical (unpaired) electrons. The summed E-state index contributed by atoms with van der Waals surface area (Å²) in [6, 6.07) is 19.5. The van der Waals surface area contributed by atoms with Crippen LogP contribution in [-0.4, -0.2) is 23.7 Å². The van der Waals surface area contributed by atoms with Gasteiger partial charge in [-0.25, -0.2) is 0 Å². The van der Waals surface area contributed by atoms with Gasteiger partial charge in [-0.3, -0.25) is 0 Å². The maximum atomic E-state index is 9.98. The van der Waals surface area contributed by atoms with Gasteiger partial charge in [0.25, 0.3) is 0 Å². The first kappa shape index (κ1) is 16.4. The van der Waals surface area contributed by atoms with Crippen molar-refractivity contribution in [2.24, 2.45) is 0 Å². The Hall–Kier alpha value is -2.10. The highest BCUT2D eigenvalue weighted by Crippen LogP contribution is 2.46. The SMILES string of the molecule is CB(OC(C)(C)C(C)O)c1ccc2c3c(cccc13)-c1ccccc1-2. The monoisotopic (exact) mass is 330 g/mol. The minimum atomic E-state index is -0.592. The smallest absolute Gasteiger partial charge is 0.324 e. The molecule has 0 aromatic heterocycles. The van der Waals surface area contributed by atoms with Crippen LogP contribution in [0.5, 0.6) is 0 Å². The molecule has 1 aliphatic carbocycles. The number of benzene rings is 3. The number of rotatable bonds is 4. The lowest BCUT2D eigenvalue weighted by Crippen LogP contribution is -2.45. The molecular formula is C22H23BO2. The summed E-state index contributed by atoms with van der Waals surface area (Å²) in [6.45, 7) is 7.61. The molecule has 25 heavy (non-hydrogen) atoms. The van der Waals surface area contributed by atoms with Crippen LogP contribution in [0.25, 0.3) is 33.0 Å². The topological polar surface area (TPSA) is 29.5 Å². The third-order valence-corrected chi connectivity index (χ3v) is 5.51. The number of aliphatic hydroxyl groups is 1. The van der Waals surface area contributed by atoms with Gasteiger partial charge >= 0.3 is 6.92 Å². The zero-order valence-corrected chi connectivity index (χ0v) is 15.2. The molecular weight excluding hydrogens is 307 g/mol. The van der Waals surface area contributed by atoms with Crippen LogP contribution in [0, 0.1) is 0 Å². The predicted molar refractivity (Wildman–Crippen MR) is 106 cm³/mol. The molecule has 2 nitrogen and oxygen atoms in total. The zero-order valence-electron chi connectivity index (χ0n) is 15.2. The predicted octanol–water partition coefficient (Wildman–Crippen LogP) is 4.49. The summed E-state index contributed by atoms with van der Waals surface area (Å²) in [5.74, 6) is 0. The summed E-state index contributed by atoms with van der Waals surface area (Å²) in [6.07, 6.45) is -0.531. The first-order valence-electron chi connectivity index (χ1n) is 8.91. The van der Waals surface area contributed by atoms with E-state index in [0.29, 0.717) is 0 Å². The van der Waals surface area contributed by atoms with Gasteiger partial charge in [0.15, 0.2) is 0 Å². The molecule has 3 aromatic rings. The van der Waals surface area contributed by atoms with Gasteiger partial charge < -0.3 is 9.76 Å². The van der Waals surface area contributed by atoms with E-state index in [1.165, 1.54) is 38.5 Å². The molecule has 3 aromatic carbocycles. The highest BCUT2D eigenvalue weighted by Gasteiger charge is 2.31. The minimum absolute atomic E-state index is 0.0994. The molecule has 3 heteroatoms. The van der Waals surface area contributed by atoms with Crippen molar-refractivity contribution < 1.29 is 9.76 Å². The highest BCUT2D eigenvalue weighted by molar-refractivity contribution is 6.69. The van der Waals surface area contributed by atoms with Gasteiger partial charge in [0.2, 0.25) is 0 Å². The summed E-state index contributed by atoms with van der Waals surface area (Å²) in [4.78, 5) is 0. The lowest BCUT2D eigenvalue weighted by molar-refractivity contribution is -0.0181. The van der Waals surface area contributed by atoms with E-state index >= 15 is 0 Å². The van der Waals surface area contributed by atoms with Crippen LogP contribution in [-0.2, 0) is 4.65 Å². The van der Waals surface area contributed by atoms with Crippen LogP contribution in [0.4, 0.5) is 0 Å². The quantitative estimate of drug-likeness (QED) is 0.559. The Morgan fingerprint density at radius 3 is 2.12 bits per heavy atom. The van der Waals surface area contributed by atoms with Crippen molar-refractivity contribution in [1.82, 2.24) is 0 Å². The van der Waals surface area contributed by atoms with Crippen molar-refractivity contribution >= 4 is 23.2 Å². The van der Waals surface area contributed by atoms with Gasteiger partial charge in [0.1, 0.15) is 0 Å². The summed E-state index contributed by atoms with van der Waals surface area (Å²) in [5, 5.41) is 12.5. The van der Waals surface area contributed by atoms with Gasteiger partial charge in [-0.15, -0.1) is 0 Å². The standard InChI is InChI=1S/C22H23BO2/c1-14(24)22(2,3)25-23(4)20-13-12-18-16-9-6-5-8-15(16)17-10-7-11-19(20)21(17)18/h5-14,24H,1-4H3. The number of hydrogen-bond donors (Lipinski definition) is 1. The van der Waals surface area contributed by atoms with E-state index in [1.54, 1.807) is 6.92 Å². The normalized spacial score (nSPS) is 13.8. The van der Waals surface area contributed by atoms with Crippen LogP contribution < -0.4 is 5.46 Å². The lowest BCUT2D eigenvalue weighted by Gasteiger charge is -2.32. The molecule has 0 bridgehead atoms. The average molecular weight is 330 g/mol. The Morgan fingerprint density at radius 1 is 0.880 bits per heavy atom. The third kappa shape index (κ3) is 2.50. The van der Waals surface area contributed by atoms with E-state index in [-0.39, 0.29) is 6.92 Å². The fraction of sp³-hybridized carbons (Fsp3) is 0.273. The molecule has 0 amide bonds. The number of aliphatic hydroxyl groups excluding tert-OH is 1. The maximum Gasteiger partial charge on any atom is 0.324 e. The van der Waals surface area contributed by atoms with Gasteiger partial charge in [-0.1, -0.05) is 61.4 Å². The Kier molecular flexibility index (Phi) is 3.75. The Labute approximate surface area is 149 Å². The van der Waals surface area contributed by atoms with Gasteiger partial charge in [-0.2, -0.15) is 0 Å². The van der Waals surface area contributed by atoms with Crippen LogP contribution in [0.15, 0.2) is 54.6 Å². The largest absolute Gasteiger partial charge is 0.424 e. The van der Waals surface area contributed by atoms with E-state index in [2.05, 4.69) is 61.4 Å². The zero-order chi connectivity index (χ0) is 17.8. The van der Waals surface area contributed by atoms with Crippen molar-refractivity contribution in [3.8, 4) is 22.3 Å². The fourth-order valence-corrected chi connectivity index (χ4v) is 3.80. The highest BCUT2D eigenvalue weighted by atomic mass is 16.5. The van der Waals surface area contributed by atoms with E-state index in [4.69, 9.17) is 4.65 Å². The fourth-order valence-electron chi connectivity index (χ4n) is 3.80. The van der Waals surface area contributed by atoms with Gasteiger partial charge in [-0.05, 0) is 59.3 Å². The Morgan fingerprint density at radius 2 is 1.48 bits per heavy atom. The second kappa shape index (κ2) is 5.72. The molecule has 0 aliphatic heterocycles. The van der Waals surface area contributed by atoms with E-state index < -0.39 is 11.7 Å². The molecule has 1 aliphatic rings. The van der Waals surface area contributed by atoms with Crippen molar-refractivity contribution in [3.63, 3.8) is 0 Å². The number of hydrogen-bond acceptors (Lipinski definition) is 2. The van der Waals surface area contributed by atoms with Crippen molar-refractivity contribution in [1.29, 1.82) is 0 Å². The Bertz CT molecular complexity index is 930. The second-order valence-electron chi connectivity index (χ2n) is 7.52. The van der Waals surface area contributed by atoms with Gasteiger partial charge in [0.05, 0.1) is 11.7 Å². The van der Waals surface area contributed by atoms with Crippen LogP contribution in [0.3, 0.4) is 0 Å². The Balaban J connectivity index is 1.86. The summed E-state index contributed by atoms with van der Waals surface area (Å²) in [7, 11) is 0. The van der Waals surface area contributed by atoms with E-state index in [1.807, 2.05) is 13.8 Å². The molecule has 1 atom stereocenters. The van der Waals surface area contributed by atoms with Crippen LogP contribution >= 0.6 is 0 Å².